The highest BCUT2D eigenvalue weighted by molar-refractivity contribution is 7.22. The number of aryl methyl sites for hydroxylation is 1. The van der Waals surface area contributed by atoms with Crippen molar-refractivity contribution in [2.45, 2.75) is 6.92 Å². The second kappa shape index (κ2) is 8.06. The van der Waals surface area contributed by atoms with Crippen LogP contribution in [0.2, 0.25) is 0 Å². The maximum atomic E-state index is 12.5. The lowest BCUT2D eigenvalue weighted by molar-refractivity contribution is -0.133. The highest BCUT2D eigenvalue weighted by Gasteiger charge is 2.23. The summed E-state index contributed by atoms with van der Waals surface area (Å²) in [6.07, 6.45) is 0. The largest absolute Gasteiger partial charge is 0.497 e. The minimum absolute atomic E-state index is 0.0249. The molecule has 6 nitrogen and oxygen atoms in total. The monoisotopic (exact) mass is 397 g/mol. The van der Waals surface area contributed by atoms with Crippen molar-refractivity contribution < 1.29 is 14.3 Å². The summed E-state index contributed by atoms with van der Waals surface area (Å²) in [4.78, 5) is 21.3. The zero-order chi connectivity index (χ0) is 19.5. The fourth-order valence-corrected chi connectivity index (χ4v) is 4.30. The van der Waals surface area contributed by atoms with Crippen molar-refractivity contribution in [2.75, 3.05) is 44.8 Å². The number of fused-ring (bicyclic) bond motifs is 1. The Bertz CT molecular complexity index is 980. The molecule has 1 aliphatic rings. The summed E-state index contributed by atoms with van der Waals surface area (Å²) in [5.74, 6) is 1.63. The molecule has 28 heavy (non-hydrogen) atoms. The van der Waals surface area contributed by atoms with E-state index in [1.54, 1.807) is 18.4 Å². The van der Waals surface area contributed by atoms with Crippen molar-refractivity contribution in [3.8, 4) is 11.5 Å². The van der Waals surface area contributed by atoms with E-state index in [1.807, 2.05) is 54.3 Å². The van der Waals surface area contributed by atoms with Gasteiger partial charge in [0.15, 0.2) is 11.7 Å². The molecular weight excluding hydrogens is 374 g/mol. The molecule has 146 valence electrons. The molecule has 0 atom stereocenters. The molecule has 1 aromatic heterocycles. The molecule has 2 aromatic carbocycles. The van der Waals surface area contributed by atoms with Gasteiger partial charge in [-0.25, -0.2) is 4.98 Å². The number of benzene rings is 2. The molecule has 0 saturated carbocycles. The normalized spacial score (nSPS) is 14.4. The number of thiazole rings is 1. The van der Waals surface area contributed by atoms with Crippen molar-refractivity contribution in [2.24, 2.45) is 0 Å². The van der Waals surface area contributed by atoms with Gasteiger partial charge in [-0.2, -0.15) is 0 Å². The van der Waals surface area contributed by atoms with Crippen molar-refractivity contribution in [1.82, 2.24) is 9.88 Å². The van der Waals surface area contributed by atoms with E-state index in [0.29, 0.717) is 13.1 Å². The summed E-state index contributed by atoms with van der Waals surface area (Å²) in [5, 5.41) is 0.992. The number of amides is 1. The fourth-order valence-electron chi connectivity index (χ4n) is 3.25. The highest BCUT2D eigenvalue weighted by atomic mass is 32.1. The number of hydrogen-bond acceptors (Lipinski definition) is 6. The molecular formula is C21H23N3O3S. The maximum Gasteiger partial charge on any atom is 0.260 e. The number of anilines is 1. The van der Waals surface area contributed by atoms with Crippen LogP contribution in [-0.2, 0) is 4.79 Å². The van der Waals surface area contributed by atoms with E-state index in [0.717, 1.165) is 45.5 Å². The molecule has 7 heteroatoms. The lowest BCUT2D eigenvalue weighted by atomic mass is 10.2. The average molecular weight is 398 g/mol. The van der Waals surface area contributed by atoms with E-state index in [9.17, 15) is 4.79 Å². The highest BCUT2D eigenvalue weighted by Crippen LogP contribution is 2.31. The van der Waals surface area contributed by atoms with E-state index in [1.165, 1.54) is 0 Å². The number of ether oxygens (including phenoxy) is 2. The molecule has 3 aromatic rings. The van der Waals surface area contributed by atoms with Crippen molar-refractivity contribution >= 4 is 32.6 Å². The van der Waals surface area contributed by atoms with Gasteiger partial charge in [-0.1, -0.05) is 29.5 Å². The molecule has 2 heterocycles. The van der Waals surface area contributed by atoms with Crippen LogP contribution >= 0.6 is 11.3 Å². The van der Waals surface area contributed by atoms with Crippen molar-refractivity contribution in [1.29, 1.82) is 0 Å². The number of nitrogens with zero attached hydrogens (tertiary/aromatic N) is 3. The standard InChI is InChI=1S/C21H23N3O3S/c1-15-5-3-4-6-18(15)27-14-20(25)23-9-11-24(12-10-23)21-22-17-8-7-16(26-2)13-19(17)28-21/h3-8,13H,9-12,14H2,1-2H3. The van der Waals surface area contributed by atoms with Crippen LogP contribution in [0.4, 0.5) is 5.13 Å². The molecule has 0 aliphatic carbocycles. The topological polar surface area (TPSA) is 54.9 Å². The van der Waals surface area contributed by atoms with Crippen LogP contribution in [0.3, 0.4) is 0 Å². The van der Waals surface area contributed by atoms with Crippen molar-refractivity contribution in [3.05, 3.63) is 48.0 Å². The smallest absolute Gasteiger partial charge is 0.260 e. The maximum absolute atomic E-state index is 12.5. The van der Waals surface area contributed by atoms with Crippen LogP contribution in [0.5, 0.6) is 11.5 Å². The first kappa shape index (κ1) is 18.6. The predicted molar refractivity (Wildman–Crippen MR) is 112 cm³/mol. The quantitative estimate of drug-likeness (QED) is 0.661. The van der Waals surface area contributed by atoms with Gasteiger partial charge < -0.3 is 19.3 Å². The Morgan fingerprint density at radius 1 is 1.14 bits per heavy atom. The van der Waals surface area contributed by atoms with Gasteiger partial charge in [-0.05, 0) is 36.8 Å². The number of para-hydroxylation sites is 1. The Hall–Kier alpha value is -2.80. The molecule has 4 rings (SSSR count). The molecule has 0 spiro atoms. The molecule has 1 aliphatic heterocycles. The molecule has 1 saturated heterocycles. The summed E-state index contributed by atoms with van der Waals surface area (Å²) < 4.78 is 12.1. The van der Waals surface area contributed by atoms with Crippen LogP contribution in [0.25, 0.3) is 10.2 Å². The third kappa shape index (κ3) is 3.89. The minimum Gasteiger partial charge on any atom is -0.497 e. The Balaban J connectivity index is 1.34. The first-order valence-corrected chi connectivity index (χ1v) is 10.1. The minimum atomic E-state index is 0.0249. The van der Waals surface area contributed by atoms with E-state index >= 15 is 0 Å². The zero-order valence-corrected chi connectivity index (χ0v) is 16.9. The van der Waals surface area contributed by atoms with Crippen LogP contribution in [0, 0.1) is 6.92 Å². The first-order valence-electron chi connectivity index (χ1n) is 9.30. The van der Waals surface area contributed by atoms with E-state index < -0.39 is 0 Å². The fraction of sp³-hybridized carbons (Fsp3) is 0.333. The Morgan fingerprint density at radius 3 is 2.68 bits per heavy atom. The van der Waals surface area contributed by atoms with Gasteiger partial charge >= 0.3 is 0 Å². The Kier molecular flexibility index (Phi) is 5.34. The van der Waals surface area contributed by atoms with Gasteiger partial charge in [0, 0.05) is 26.2 Å². The summed E-state index contributed by atoms with van der Waals surface area (Å²) in [5.41, 5.74) is 2.01. The molecule has 1 fully saturated rings. The second-order valence-corrected chi connectivity index (χ2v) is 7.76. The van der Waals surface area contributed by atoms with Gasteiger partial charge in [0.1, 0.15) is 11.5 Å². The van der Waals surface area contributed by atoms with Gasteiger partial charge in [0.25, 0.3) is 5.91 Å². The van der Waals surface area contributed by atoms with E-state index in [-0.39, 0.29) is 12.5 Å². The number of carbonyl (C=O) groups excluding carboxylic acids is 1. The molecule has 0 unspecified atom stereocenters. The number of methoxy groups -OCH3 is 1. The molecule has 1 amide bonds. The summed E-state index contributed by atoms with van der Waals surface area (Å²) in [7, 11) is 1.67. The lowest BCUT2D eigenvalue weighted by Crippen LogP contribution is -2.50. The van der Waals surface area contributed by atoms with Crippen LogP contribution in [-0.4, -0.2) is 55.7 Å². The van der Waals surface area contributed by atoms with Crippen LogP contribution < -0.4 is 14.4 Å². The number of hydrogen-bond donors (Lipinski definition) is 0. The van der Waals surface area contributed by atoms with Crippen LogP contribution in [0.15, 0.2) is 42.5 Å². The summed E-state index contributed by atoms with van der Waals surface area (Å²) >= 11 is 1.66. The lowest BCUT2D eigenvalue weighted by Gasteiger charge is -2.34. The molecule has 0 N–H and O–H groups in total. The van der Waals surface area contributed by atoms with Crippen molar-refractivity contribution in [3.63, 3.8) is 0 Å². The van der Waals surface area contributed by atoms with Gasteiger partial charge in [-0.15, -0.1) is 0 Å². The third-order valence-corrected chi connectivity index (χ3v) is 6.01. The zero-order valence-electron chi connectivity index (χ0n) is 16.1. The van der Waals surface area contributed by atoms with Gasteiger partial charge in [-0.3, -0.25) is 4.79 Å². The SMILES string of the molecule is COc1ccc2nc(N3CCN(C(=O)COc4ccccc4C)CC3)sc2c1. The third-order valence-electron chi connectivity index (χ3n) is 4.93. The first-order chi connectivity index (χ1) is 13.6. The Morgan fingerprint density at radius 2 is 1.93 bits per heavy atom. The predicted octanol–water partition coefficient (Wildman–Crippen LogP) is 3.34. The van der Waals surface area contributed by atoms with E-state index in [4.69, 9.17) is 14.5 Å². The molecule has 0 bridgehead atoms. The summed E-state index contributed by atoms with van der Waals surface area (Å²) in [6, 6.07) is 13.7. The summed E-state index contributed by atoms with van der Waals surface area (Å²) in [6.45, 7) is 4.95. The van der Waals surface area contributed by atoms with Gasteiger partial charge in [0.2, 0.25) is 0 Å². The number of aromatic nitrogens is 1. The number of rotatable bonds is 5. The second-order valence-electron chi connectivity index (χ2n) is 6.75. The molecule has 0 radical (unpaired) electrons. The Labute approximate surface area is 168 Å². The van der Waals surface area contributed by atoms with Crippen LogP contribution in [0.1, 0.15) is 5.56 Å². The number of piperazine rings is 1. The average Bonchev–Trinajstić information content (AvgIpc) is 3.16. The van der Waals surface area contributed by atoms with Gasteiger partial charge in [0.05, 0.1) is 17.3 Å². The van der Waals surface area contributed by atoms with E-state index in [2.05, 4.69) is 4.90 Å². The number of carbonyl (C=O) groups is 1.